The van der Waals surface area contributed by atoms with Gasteiger partial charge in [-0.25, -0.2) is 4.79 Å². The number of Topliss-reactive ketones (excluding diaryl/α,β-unsaturated/α-hetero) is 1. The number of nitrogens with one attached hydrogen (secondary N) is 1. The second kappa shape index (κ2) is 25.5. The number of carbonyl (C=O) groups is 3. The summed E-state index contributed by atoms with van der Waals surface area (Å²) in [5, 5.41) is 50.6. The molecule has 5 N–H and O–H groups in total. The molecule has 61 heavy (non-hydrogen) atoms. The molecule has 2 saturated heterocycles. The van der Waals surface area contributed by atoms with E-state index in [0.717, 1.165) is 12.7 Å². The molecule has 1 amide bonds. The molecule has 350 valence electrons. The van der Waals surface area contributed by atoms with E-state index < -0.39 is 77.9 Å². The van der Waals surface area contributed by atoms with Crippen molar-refractivity contribution < 1.29 is 58.5 Å². The largest absolute Gasteiger partial charge is 0.456 e. The number of hydrogen-bond acceptors (Lipinski definition) is 13. The van der Waals surface area contributed by atoms with Gasteiger partial charge in [-0.15, -0.1) is 0 Å². The van der Waals surface area contributed by atoms with Gasteiger partial charge in [0.15, 0.2) is 0 Å². The van der Waals surface area contributed by atoms with Crippen LogP contribution in [-0.4, -0.2) is 138 Å². The number of ether oxygens (including phenoxy) is 5. The Morgan fingerprint density at radius 1 is 0.934 bits per heavy atom. The van der Waals surface area contributed by atoms with E-state index in [9.17, 15) is 35.1 Å². The summed E-state index contributed by atoms with van der Waals surface area (Å²) in [6.07, 6.45) is 8.41. The van der Waals surface area contributed by atoms with Gasteiger partial charge >= 0.3 is 5.97 Å². The highest BCUT2D eigenvalue weighted by atomic mass is 16.7. The van der Waals surface area contributed by atoms with Gasteiger partial charge in [-0.05, 0) is 102 Å². The molecule has 3 aliphatic heterocycles. The maximum atomic E-state index is 14.4. The highest BCUT2D eigenvalue weighted by Gasteiger charge is 2.56. The Bertz CT molecular complexity index is 1520. The van der Waals surface area contributed by atoms with Crippen molar-refractivity contribution in [3.63, 3.8) is 0 Å². The number of amides is 1. The molecule has 14 atom stereocenters. The molecule has 0 aromatic rings. The highest BCUT2D eigenvalue weighted by molar-refractivity contribution is 6.39. The van der Waals surface area contributed by atoms with Gasteiger partial charge < -0.3 is 54.4 Å². The predicted octanol–water partition coefficient (Wildman–Crippen LogP) is 5.72. The average molecular weight is 865 g/mol. The van der Waals surface area contributed by atoms with E-state index in [0.29, 0.717) is 62.7 Å². The lowest BCUT2D eigenvalue weighted by Gasteiger charge is -2.47. The third-order valence-corrected chi connectivity index (χ3v) is 13.1. The number of methoxy groups -OCH3 is 3. The maximum Gasteiger partial charge on any atom is 0.329 e. The quantitative estimate of drug-likeness (QED) is 0.118. The van der Waals surface area contributed by atoms with Crippen LogP contribution in [0.5, 0.6) is 0 Å². The first-order valence-corrected chi connectivity index (χ1v) is 21.9. The SMILES string of the molecule is C.C/C=C/C[C@@H]1/C=C(\C)C[C@H](C)C[C@H](OC)[C@H]2O[C@@](O)(C(=O)C(=O)N3CCCC[C@H]3C(=O)O[C@H](/C(C)=C/[C@@H]3CC[C@@H](O)[C@H](OC)C3)[C@H](C)[C@@H](O)CC1=N)[C@H](C)C[C@@H]2OC.CO. The first-order chi connectivity index (χ1) is 28.5. The fraction of sp³-hybridized carbons (Fsp3) is 0.787. The molecule has 0 aromatic carbocycles. The van der Waals surface area contributed by atoms with Gasteiger partial charge in [0, 0.05) is 64.9 Å². The molecular weight excluding hydrogens is 785 g/mol. The minimum Gasteiger partial charge on any atom is -0.456 e. The summed E-state index contributed by atoms with van der Waals surface area (Å²) in [6.45, 7) is 11.4. The summed E-state index contributed by atoms with van der Waals surface area (Å²) in [7, 11) is 5.67. The van der Waals surface area contributed by atoms with Crippen molar-refractivity contribution >= 4 is 23.4 Å². The molecule has 1 saturated carbocycles. The summed E-state index contributed by atoms with van der Waals surface area (Å²) in [5.41, 5.74) is 2.12. The number of esters is 1. The minimum atomic E-state index is -2.49. The molecule has 2 bridgehead atoms. The van der Waals surface area contributed by atoms with Crippen LogP contribution in [0.2, 0.25) is 0 Å². The van der Waals surface area contributed by atoms with Crippen molar-refractivity contribution in [1.29, 1.82) is 5.41 Å². The lowest BCUT2D eigenvalue weighted by Crippen LogP contribution is -2.64. The van der Waals surface area contributed by atoms with Gasteiger partial charge in [0.2, 0.25) is 5.79 Å². The molecule has 1 aliphatic carbocycles. The third kappa shape index (κ3) is 13.8. The zero-order chi connectivity index (χ0) is 44.9. The Morgan fingerprint density at radius 2 is 1.57 bits per heavy atom. The zero-order valence-electron chi connectivity index (χ0n) is 37.8. The first kappa shape index (κ1) is 54.3. The number of hydrogen-bond donors (Lipinski definition) is 5. The second-order valence-corrected chi connectivity index (χ2v) is 17.6. The summed E-state index contributed by atoms with van der Waals surface area (Å²) < 4.78 is 29.9. The van der Waals surface area contributed by atoms with Crippen LogP contribution in [-0.2, 0) is 38.1 Å². The Morgan fingerprint density at radius 3 is 2.20 bits per heavy atom. The molecule has 4 rings (SSSR count). The second-order valence-electron chi connectivity index (χ2n) is 17.6. The predicted molar refractivity (Wildman–Crippen MR) is 235 cm³/mol. The molecule has 14 nitrogen and oxygen atoms in total. The maximum absolute atomic E-state index is 14.4. The van der Waals surface area contributed by atoms with Crippen molar-refractivity contribution in [3.05, 3.63) is 35.5 Å². The standard InChI is InChI=1S/C45H72N2O11.CH4O.CH4/c1-10-11-14-32-20-26(2)19-27(3)21-38(55-8)41-39(56-9)23-29(5)45(53,58-41)42(50)43(51)47-18-13-12-15-34(47)44(52)57-40(30(6)36(49)25-33(32)46)28(4)22-31-16-17-35(48)37(24-31)54-7;1-2;/h10-11,20,22,27,29-32,34-41,46,48-49,53H,12-19,21,23-25H2,1-9H3;2H,1H3;1H4/b11-10+,26-20+,28-22+,46-33?;;/t27-,29+,30+,31-,32+,34-,35+,36-,37+,38-,39-,40+,41+,45+;;/m0../s1. The minimum absolute atomic E-state index is 0. The van der Waals surface area contributed by atoms with Crippen molar-refractivity contribution in [2.75, 3.05) is 35.0 Å². The highest BCUT2D eigenvalue weighted by Crippen LogP contribution is 2.39. The van der Waals surface area contributed by atoms with Crippen LogP contribution in [0.4, 0.5) is 0 Å². The van der Waals surface area contributed by atoms with Gasteiger partial charge in [0.25, 0.3) is 11.7 Å². The van der Waals surface area contributed by atoms with Gasteiger partial charge in [-0.1, -0.05) is 58.1 Å². The summed E-state index contributed by atoms with van der Waals surface area (Å²) >= 11 is 0. The fourth-order valence-corrected chi connectivity index (χ4v) is 9.57. The number of aliphatic hydroxyl groups is 4. The van der Waals surface area contributed by atoms with E-state index >= 15 is 0 Å². The topological polar surface area (TPSA) is 205 Å². The van der Waals surface area contributed by atoms with Crippen molar-refractivity contribution in [2.45, 2.75) is 174 Å². The Labute approximate surface area is 365 Å². The molecule has 0 radical (unpaired) electrons. The average Bonchev–Trinajstić information content (AvgIpc) is 3.24. The molecule has 3 heterocycles. The van der Waals surface area contributed by atoms with Gasteiger partial charge in [0.05, 0.1) is 30.5 Å². The Hall–Kier alpha value is -2.82. The summed E-state index contributed by atoms with van der Waals surface area (Å²) in [6, 6.07) is -1.11. The number of piperidine rings is 1. The van der Waals surface area contributed by atoms with Crippen molar-refractivity contribution in [3.8, 4) is 0 Å². The molecule has 14 heteroatoms. The van der Waals surface area contributed by atoms with E-state index in [1.54, 1.807) is 35.2 Å². The molecular formula is C47H80N2O12. The Kier molecular flexibility index (Phi) is 22.7. The van der Waals surface area contributed by atoms with E-state index in [4.69, 9.17) is 28.8 Å². The summed E-state index contributed by atoms with van der Waals surface area (Å²) in [4.78, 5) is 44.1. The van der Waals surface area contributed by atoms with Crippen molar-refractivity contribution in [2.24, 2.45) is 29.6 Å². The van der Waals surface area contributed by atoms with Crippen LogP contribution in [0.1, 0.15) is 120 Å². The molecule has 4 aliphatic rings. The third-order valence-electron chi connectivity index (χ3n) is 13.1. The first-order valence-electron chi connectivity index (χ1n) is 21.9. The lowest BCUT2D eigenvalue weighted by atomic mass is 9.81. The Balaban J connectivity index is 0.00000421. The van der Waals surface area contributed by atoms with Gasteiger partial charge in [-0.2, -0.15) is 0 Å². The van der Waals surface area contributed by atoms with E-state index in [1.165, 1.54) is 4.90 Å². The number of carbonyl (C=O) groups excluding carboxylic acids is 3. The number of cyclic esters (lactones) is 1. The van der Waals surface area contributed by atoms with Gasteiger partial charge in [0.1, 0.15) is 18.2 Å². The monoisotopic (exact) mass is 865 g/mol. The number of allylic oxidation sites excluding steroid dienone is 5. The van der Waals surface area contributed by atoms with E-state index in [-0.39, 0.29) is 57.1 Å². The molecule has 0 aromatic heterocycles. The van der Waals surface area contributed by atoms with E-state index in [2.05, 4.69) is 13.0 Å². The smallest absolute Gasteiger partial charge is 0.329 e. The molecule has 3 fully saturated rings. The number of nitrogens with zero attached hydrogens (tertiary/aromatic N) is 1. The summed E-state index contributed by atoms with van der Waals surface area (Å²) in [5.74, 6) is -7.06. The van der Waals surface area contributed by atoms with Crippen LogP contribution in [0, 0.1) is 35.0 Å². The number of rotatable bonds is 7. The van der Waals surface area contributed by atoms with E-state index in [1.807, 2.05) is 39.0 Å². The van der Waals surface area contributed by atoms with Crippen LogP contribution in [0.3, 0.4) is 0 Å². The number of ketones is 1. The van der Waals surface area contributed by atoms with Crippen LogP contribution >= 0.6 is 0 Å². The zero-order valence-corrected chi connectivity index (χ0v) is 37.8. The van der Waals surface area contributed by atoms with Crippen LogP contribution in [0.25, 0.3) is 0 Å². The van der Waals surface area contributed by atoms with Gasteiger partial charge in [-0.3, -0.25) is 9.59 Å². The van der Waals surface area contributed by atoms with Crippen LogP contribution in [0.15, 0.2) is 35.5 Å². The van der Waals surface area contributed by atoms with Crippen LogP contribution < -0.4 is 0 Å². The normalized spacial score (nSPS) is 38.8. The molecule has 0 unspecified atom stereocenters. The number of aliphatic hydroxyl groups excluding tert-OH is 3. The fourth-order valence-electron chi connectivity index (χ4n) is 9.57. The number of fused-ring (bicyclic) bond motifs is 3. The lowest BCUT2D eigenvalue weighted by molar-refractivity contribution is -0.302. The molecule has 0 spiro atoms. The van der Waals surface area contributed by atoms with Crippen molar-refractivity contribution in [1.82, 2.24) is 4.90 Å².